The van der Waals surface area contributed by atoms with Crippen molar-refractivity contribution in [2.75, 3.05) is 7.11 Å². The van der Waals surface area contributed by atoms with Gasteiger partial charge in [0.05, 0.1) is 18.9 Å². The second kappa shape index (κ2) is 7.52. The maximum absolute atomic E-state index is 6.46. The summed E-state index contributed by atoms with van der Waals surface area (Å²) in [6.45, 7) is 4.42. The highest BCUT2D eigenvalue weighted by Crippen LogP contribution is 2.47. The fourth-order valence-corrected chi connectivity index (χ4v) is 4.28. The third kappa shape index (κ3) is 3.22. The molecule has 2 atom stereocenters. The lowest BCUT2D eigenvalue weighted by atomic mass is 9.95. The second-order valence-corrected chi connectivity index (χ2v) is 8.21. The predicted octanol–water partition coefficient (Wildman–Crippen LogP) is 6.06. The molecule has 0 amide bonds. The first-order chi connectivity index (χ1) is 14.6. The van der Waals surface area contributed by atoms with Crippen molar-refractivity contribution in [1.82, 2.24) is 5.01 Å². The number of nitrogens with zero attached hydrogens (tertiary/aromatic N) is 2. The van der Waals surface area contributed by atoms with Crippen molar-refractivity contribution in [1.29, 1.82) is 0 Å². The van der Waals surface area contributed by atoms with Gasteiger partial charge in [-0.15, -0.1) is 0 Å². The third-order valence-electron chi connectivity index (χ3n) is 5.99. The van der Waals surface area contributed by atoms with E-state index in [9.17, 15) is 0 Å². The Labute approximate surface area is 177 Å². The van der Waals surface area contributed by atoms with Gasteiger partial charge in [-0.1, -0.05) is 68.4 Å². The SMILES string of the molecule is COc1cccc(C2=NN3[C@@H](C2)c2ccccc2O[C@H]3c2ccc(C(C)C)cc2)c1. The molecule has 0 N–H and O–H groups in total. The quantitative estimate of drug-likeness (QED) is 0.536. The highest BCUT2D eigenvalue weighted by atomic mass is 16.5. The van der Waals surface area contributed by atoms with Crippen LogP contribution in [0.2, 0.25) is 0 Å². The molecule has 3 aromatic carbocycles. The molecule has 2 aliphatic heterocycles. The number of hydrazone groups is 1. The van der Waals surface area contributed by atoms with Crippen molar-refractivity contribution < 1.29 is 9.47 Å². The number of methoxy groups -OCH3 is 1. The molecule has 3 aromatic rings. The van der Waals surface area contributed by atoms with Crippen LogP contribution >= 0.6 is 0 Å². The van der Waals surface area contributed by atoms with Gasteiger partial charge in [0.2, 0.25) is 6.23 Å². The Morgan fingerprint density at radius 3 is 2.57 bits per heavy atom. The van der Waals surface area contributed by atoms with Crippen LogP contribution in [0.25, 0.3) is 0 Å². The molecule has 0 saturated carbocycles. The van der Waals surface area contributed by atoms with Gasteiger partial charge in [-0.25, -0.2) is 5.01 Å². The molecule has 5 rings (SSSR count). The smallest absolute Gasteiger partial charge is 0.213 e. The molecule has 2 aliphatic rings. The van der Waals surface area contributed by atoms with Crippen LogP contribution in [0.15, 0.2) is 77.9 Å². The van der Waals surface area contributed by atoms with Crippen molar-refractivity contribution in [2.45, 2.75) is 38.5 Å². The van der Waals surface area contributed by atoms with E-state index >= 15 is 0 Å². The summed E-state index contributed by atoms with van der Waals surface area (Å²) in [4.78, 5) is 0. The molecule has 2 heterocycles. The van der Waals surface area contributed by atoms with Crippen LogP contribution in [-0.2, 0) is 0 Å². The Balaban J connectivity index is 1.55. The first kappa shape index (κ1) is 18.7. The molecule has 0 saturated heterocycles. The molecule has 0 radical (unpaired) electrons. The Morgan fingerprint density at radius 1 is 1.00 bits per heavy atom. The van der Waals surface area contributed by atoms with E-state index in [4.69, 9.17) is 14.6 Å². The van der Waals surface area contributed by atoms with E-state index in [1.54, 1.807) is 7.11 Å². The van der Waals surface area contributed by atoms with Gasteiger partial charge in [-0.05, 0) is 29.7 Å². The Hall–Kier alpha value is -3.27. The van der Waals surface area contributed by atoms with Gasteiger partial charge >= 0.3 is 0 Å². The first-order valence-electron chi connectivity index (χ1n) is 10.5. The summed E-state index contributed by atoms with van der Waals surface area (Å²) in [5.74, 6) is 2.29. The van der Waals surface area contributed by atoms with E-state index in [0.29, 0.717) is 5.92 Å². The molecular weight excluding hydrogens is 372 g/mol. The number of fused-ring (bicyclic) bond motifs is 3. The highest BCUT2D eigenvalue weighted by molar-refractivity contribution is 6.02. The summed E-state index contributed by atoms with van der Waals surface area (Å²) in [5.41, 5.74) is 5.79. The highest BCUT2D eigenvalue weighted by Gasteiger charge is 2.40. The molecule has 0 aromatic heterocycles. The predicted molar refractivity (Wildman–Crippen MR) is 119 cm³/mol. The van der Waals surface area contributed by atoms with Gasteiger partial charge in [0.15, 0.2) is 0 Å². The van der Waals surface area contributed by atoms with Crippen LogP contribution in [0, 0.1) is 0 Å². The molecule has 4 heteroatoms. The van der Waals surface area contributed by atoms with Gasteiger partial charge in [-0.2, -0.15) is 5.10 Å². The van der Waals surface area contributed by atoms with Crippen molar-refractivity contribution in [3.63, 3.8) is 0 Å². The molecule has 0 bridgehead atoms. The Bertz CT molecular complexity index is 1090. The van der Waals surface area contributed by atoms with Gasteiger partial charge in [-0.3, -0.25) is 0 Å². The monoisotopic (exact) mass is 398 g/mol. The molecule has 0 fully saturated rings. The van der Waals surface area contributed by atoms with E-state index in [0.717, 1.165) is 34.8 Å². The van der Waals surface area contributed by atoms with Crippen LogP contribution in [0.4, 0.5) is 0 Å². The van der Waals surface area contributed by atoms with Crippen LogP contribution < -0.4 is 9.47 Å². The number of para-hydroxylation sites is 1. The normalized spacial score (nSPS) is 19.7. The van der Waals surface area contributed by atoms with E-state index < -0.39 is 0 Å². The lowest BCUT2D eigenvalue weighted by Crippen LogP contribution is -2.33. The largest absolute Gasteiger partial charge is 0.497 e. The zero-order chi connectivity index (χ0) is 20.7. The Morgan fingerprint density at radius 2 is 1.80 bits per heavy atom. The van der Waals surface area contributed by atoms with Crippen LogP contribution in [0.5, 0.6) is 11.5 Å². The second-order valence-electron chi connectivity index (χ2n) is 8.21. The number of hydrogen-bond acceptors (Lipinski definition) is 4. The standard InChI is InChI=1S/C26H26N2O2/c1-17(2)18-11-13-19(14-12-18)26-28-24(22-9-4-5-10-25(22)30-26)16-23(27-28)20-7-6-8-21(15-20)29-3/h4-15,17,24,26H,16H2,1-3H3/t24-,26-/m0/s1. The zero-order valence-corrected chi connectivity index (χ0v) is 17.6. The third-order valence-corrected chi connectivity index (χ3v) is 5.99. The molecule has 0 aliphatic carbocycles. The minimum atomic E-state index is -0.241. The summed E-state index contributed by atoms with van der Waals surface area (Å²) >= 11 is 0. The summed E-state index contributed by atoms with van der Waals surface area (Å²) in [5, 5.41) is 7.17. The lowest BCUT2D eigenvalue weighted by molar-refractivity contribution is -0.0190. The van der Waals surface area contributed by atoms with Crippen molar-refractivity contribution in [2.24, 2.45) is 5.10 Å². The average Bonchev–Trinajstić information content (AvgIpc) is 3.24. The van der Waals surface area contributed by atoms with Gasteiger partial charge in [0, 0.05) is 23.1 Å². The minimum Gasteiger partial charge on any atom is -0.497 e. The summed E-state index contributed by atoms with van der Waals surface area (Å²) in [7, 11) is 1.69. The van der Waals surface area contributed by atoms with Gasteiger partial charge < -0.3 is 9.47 Å². The molecule has 152 valence electrons. The molecule has 4 nitrogen and oxygen atoms in total. The minimum absolute atomic E-state index is 0.158. The summed E-state index contributed by atoms with van der Waals surface area (Å²) in [6.07, 6.45) is 0.600. The maximum Gasteiger partial charge on any atom is 0.213 e. The zero-order valence-electron chi connectivity index (χ0n) is 17.6. The summed E-state index contributed by atoms with van der Waals surface area (Å²) in [6, 6.07) is 25.3. The van der Waals surface area contributed by atoms with Crippen molar-refractivity contribution >= 4 is 5.71 Å². The molecule has 0 spiro atoms. The number of hydrogen-bond donors (Lipinski definition) is 0. The molecular formula is C26H26N2O2. The van der Waals surface area contributed by atoms with E-state index in [2.05, 4.69) is 73.5 Å². The first-order valence-corrected chi connectivity index (χ1v) is 10.5. The van der Waals surface area contributed by atoms with Crippen molar-refractivity contribution in [3.05, 3.63) is 95.1 Å². The van der Waals surface area contributed by atoms with Crippen molar-refractivity contribution in [3.8, 4) is 11.5 Å². The maximum atomic E-state index is 6.46. The topological polar surface area (TPSA) is 34.1 Å². The molecule has 30 heavy (non-hydrogen) atoms. The van der Waals surface area contributed by atoms with E-state index in [1.807, 2.05) is 18.2 Å². The number of rotatable bonds is 4. The van der Waals surface area contributed by atoms with E-state index in [1.165, 1.54) is 11.1 Å². The number of benzene rings is 3. The van der Waals surface area contributed by atoms with Crippen LogP contribution in [0.1, 0.15) is 60.7 Å². The Kier molecular flexibility index (Phi) is 4.70. The average molecular weight is 399 g/mol. The van der Waals surface area contributed by atoms with Gasteiger partial charge in [0.1, 0.15) is 11.5 Å². The van der Waals surface area contributed by atoms with Crippen LogP contribution in [0.3, 0.4) is 0 Å². The fraction of sp³-hybridized carbons (Fsp3) is 0.269. The lowest BCUT2D eigenvalue weighted by Gasteiger charge is -2.38. The number of ether oxygens (including phenoxy) is 2. The van der Waals surface area contributed by atoms with Gasteiger partial charge in [0.25, 0.3) is 0 Å². The molecule has 0 unspecified atom stereocenters. The van der Waals surface area contributed by atoms with E-state index in [-0.39, 0.29) is 12.3 Å². The fourth-order valence-electron chi connectivity index (χ4n) is 4.28. The summed E-state index contributed by atoms with van der Waals surface area (Å²) < 4.78 is 11.9. The van der Waals surface area contributed by atoms with Crippen LogP contribution in [-0.4, -0.2) is 17.8 Å².